The van der Waals surface area contributed by atoms with Gasteiger partial charge in [0.15, 0.2) is 0 Å². The number of likely N-dealkylation sites (tertiary alicyclic amines) is 1. The van der Waals surface area contributed by atoms with Crippen LogP contribution in [0.25, 0.3) is 0 Å². The summed E-state index contributed by atoms with van der Waals surface area (Å²) in [5.74, 6) is 0.992. The molecule has 2 bridgehead atoms. The van der Waals surface area contributed by atoms with Crippen LogP contribution in [-0.4, -0.2) is 54.2 Å². The van der Waals surface area contributed by atoms with Crippen molar-refractivity contribution in [1.29, 1.82) is 5.26 Å². The zero-order chi connectivity index (χ0) is 20.6. The smallest absolute Gasteiger partial charge is 0.248 e. The topological polar surface area (TPSA) is 69.5 Å². The Morgan fingerprint density at radius 1 is 1.13 bits per heavy atom. The monoisotopic (exact) mass is 402 g/mol. The summed E-state index contributed by atoms with van der Waals surface area (Å²) in [6.45, 7) is 2.20. The fraction of sp³-hybridized carbons (Fsp3) is 0.458. The molecule has 3 aliphatic rings. The Balaban J connectivity index is 1.16. The number of ether oxygens (including phenoxy) is 1. The Hall–Kier alpha value is -2.91. The lowest BCUT2D eigenvalue weighted by atomic mass is 9.97. The van der Waals surface area contributed by atoms with E-state index in [9.17, 15) is 4.79 Å². The maximum Gasteiger partial charge on any atom is 0.248 e. The van der Waals surface area contributed by atoms with Gasteiger partial charge in [-0.15, -0.1) is 0 Å². The third-order valence-corrected chi connectivity index (χ3v) is 6.82. The molecule has 1 aromatic heterocycles. The average molecular weight is 402 g/mol. The molecular formula is C24H26N4O2. The third-order valence-electron chi connectivity index (χ3n) is 6.82. The molecule has 6 nitrogen and oxygen atoms in total. The lowest BCUT2D eigenvalue weighted by Gasteiger charge is -2.41. The highest BCUT2D eigenvalue weighted by Crippen LogP contribution is 2.48. The Kier molecular flexibility index (Phi) is 4.92. The molecule has 1 saturated carbocycles. The second-order valence-corrected chi connectivity index (χ2v) is 8.75. The van der Waals surface area contributed by atoms with Crippen LogP contribution in [0, 0.1) is 11.3 Å². The van der Waals surface area contributed by atoms with Gasteiger partial charge in [0.05, 0.1) is 12.2 Å². The minimum atomic E-state index is 0.0863. The molecule has 1 aromatic carbocycles. The summed E-state index contributed by atoms with van der Waals surface area (Å²) in [6, 6.07) is 16.9. The molecule has 154 valence electrons. The molecule has 1 aliphatic carbocycles. The van der Waals surface area contributed by atoms with Crippen molar-refractivity contribution >= 4 is 11.7 Å². The second-order valence-electron chi connectivity index (χ2n) is 8.75. The minimum absolute atomic E-state index is 0.0863. The van der Waals surface area contributed by atoms with Crippen LogP contribution in [0.2, 0.25) is 0 Å². The molecule has 0 radical (unpaired) electrons. The van der Waals surface area contributed by atoms with Crippen molar-refractivity contribution in [3.63, 3.8) is 0 Å². The van der Waals surface area contributed by atoms with Crippen LogP contribution >= 0.6 is 0 Å². The number of anilines is 1. The Morgan fingerprint density at radius 3 is 2.47 bits per heavy atom. The summed E-state index contributed by atoms with van der Waals surface area (Å²) in [7, 11) is 0. The second kappa shape index (κ2) is 7.73. The third kappa shape index (κ3) is 3.54. The molecule has 6 heteroatoms. The van der Waals surface area contributed by atoms with Crippen LogP contribution in [-0.2, 0) is 14.9 Å². The van der Waals surface area contributed by atoms with E-state index in [1.165, 1.54) is 5.56 Å². The van der Waals surface area contributed by atoms with E-state index in [0.29, 0.717) is 25.3 Å². The van der Waals surface area contributed by atoms with E-state index in [1.807, 2.05) is 23.1 Å². The van der Waals surface area contributed by atoms with Crippen LogP contribution in [0.5, 0.6) is 0 Å². The number of hydrogen-bond donors (Lipinski definition) is 0. The van der Waals surface area contributed by atoms with Crippen molar-refractivity contribution in [2.45, 2.75) is 43.2 Å². The van der Waals surface area contributed by atoms with E-state index < -0.39 is 0 Å². The normalized spacial score (nSPS) is 23.8. The van der Waals surface area contributed by atoms with Crippen LogP contribution < -0.4 is 4.90 Å². The molecule has 2 aliphatic heterocycles. The molecule has 2 aromatic rings. The Morgan fingerprint density at radius 2 is 1.87 bits per heavy atom. The van der Waals surface area contributed by atoms with Crippen LogP contribution in [0.4, 0.5) is 5.82 Å². The van der Waals surface area contributed by atoms with Crippen molar-refractivity contribution < 1.29 is 9.53 Å². The Labute approximate surface area is 177 Å². The lowest BCUT2D eigenvalue weighted by molar-refractivity contribution is -0.137. The maximum absolute atomic E-state index is 12.8. The van der Waals surface area contributed by atoms with Gasteiger partial charge in [0.1, 0.15) is 18.5 Å². The molecule has 3 fully saturated rings. The number of amides is 1. The SMILES string of the molecule is N#Cc1ccc(N2C3CCC2CN(C(=O)COCC2(c4ccccc4)CC2)C3)nc1. The number of piperazine rings is 1. The summed E-state index contributed by atoms with van der Waals surface area (Å²) in [5, 5.41) is 8.98. The number of carbonyl (C=O) groups excluding carboxylic acids is 1. The van der Waals surface area contributed by atoms with E-state index in [2.05, 4.69) is 40.2 Å². The summed E-state index contributed by atoms with van der Waals surface area (Å²) in [5.41, 5.74) is 2.00. The van der Waals surface area contributed by atoms with Crippen molar-refractivity contribution in [3.8, 4) is 6.07 Å². The molecule has 0 spiro atoms. The fourth-order valence-corrected chi connectivity index (χ4v) is 4.97. The average Bonchev–Trinajstić information content (AvgIpc) is 3.54. The van der Waals surface area contributed by atoms with Gasteiger partial charge < -0.3 is 14.5 Å². The van der Waals surface area contributed by atoms with E-state index in [0.717, 1.165) is 31.5 Å². The van der Waals surface area contributed by atoms with Crippen molar-refractivity contribution in [2.75, 3.05) is 31.2 Å². The van der Waals surface area contributed by atoms with Crippen molar-refractivity contribution in [2.24, 2.45) is 0 Å². The first kappa shape index (κ1) is 19.1. The predicted octanol–water partition coefficient (Wildman–Crippen LogP) is 2.88. The number of rotatable bonds is 6. The molecule has 1 amide bonds. The molecule has 2 unspecified atom stereocenters. The molecule has 0 N–H and O–H groups in total. The van der Waals surface area contributed by atoms with Gasteiger partial charge >= 0.3 is 0 Å². The first-order chi connectivity index (χ1) is 14.7. The molecular weight excluding hydrogens is 376 g/mol. The maximum atomic E-state index is 12.8. The number of carbonyl (C=O) groups is 1. The summed E-state index contributed by atoms with van der Waals surface area (Å²) >= 11 is 0. The molecule has 2 saturated heterocycles. The van der Waals surface area contributed by atoms with Gasteiger partial charge in [-0.3, -0.25) is 4.79 Å². The highest BCUT2D eigenvalue weighted by Gasteiger charge is 2.45. The minimum Gasteiger partial charge on any atom is -0.371 e. The zero-order valence-corrected chi connectivity index (χ0v) is 17.0. The highest BCUT2D eigenvalue weighted by molar-refractivity contribution is 5.78. The van der Waals surface area contributed by atoms with E-state index >= 15 is 0 Å². The molecule has 30 heavy (non-hydrogen) atoms. The molecule has 3 heterocycles. The lowest BCUT2D eigenvalue weighted by Crippen LogP contribution is -2.56. The van der Waals surface area contributed by atoms with Gasteiger partial charge in [0.25, 0.3) is 0 Å². The summed E-state index contributed by atoms with van der Waals surface area (Å²) < 4.78 is 5.91. The quantitative estimate of drug-likeness (QED) is 0.743. The first-order valence-electron chi connectivity index (χ1n) is 10.7. The zero-order valence-electron chi connectivity index (χ0n) is 17.0. The van der Waals surface area contributed by atoms with Gasteiger partial charge in [0.2, 0.25) is 5.91 Å². The van der Waals surface area contributed by atoms with Gasteiger partial charge in [0, 0.05) is 36.8 Å². The summed E-state index contributed by atoms with van der Waals surface area (Å²) in [6.07, 6.45) is 6.01. The standard InChI is InChI=1S/C24H26N4O2/c25-12-18-6-9-22(26-13-18)28-20-7-8-21(28)15-27(14-20)23(29)16-30-17-24(10-11-24)19-4-2-1-3-5-19/h1-6,9,13,20-21H,7-8,10-11,14-17H2. The van der Waals surface area contributed by atoms with Gasteiger partial charge in [-0.25, -0.2) is 4.98 Å². The van der Waals surface area contributed by atoms with Crippen LogP contribution in [0.1, 0.15) is 36.8 Å². The first-order valence-corrected chi connectivity index (χ1v) is 10.7. The van der Waals surface area contributed by atoms with E-state index in [-0.39, 0.29) is 30.0 Å². The highest BCUT2D eigenvalue weighted by atomic mass is 16.5. The van der Waals surface area contributed by atoms with Crippen LogP contribution in [0.15, 0.2) is 48.7 Å². The van der Waals surface area contributed by atoms with Gasteiger partial charge in [-0.2, -0.15) is 5.26 Å². The number of nitriles is 1. The van der Waals surface area contributed by atoms with E-state index in [4.69, 9.17) is 10.00 Å². The fourth-order valence-electron chi connectivity index (χ4n) is 4.97. The van der Waals surface area contributed by atoms with E-state index in [1.54, 1.807) is 6.20 Å². The summed E-state index contributed by atoms with van der Waals surface area (Å²) in [4.78, 5) is 21.6. The number of benzene rings is 1. The Bertz CT molecular complexity index is 935. The van der Waals surface area contributed by atoms with Gasteiger partial charge in [-0.05, 0) is 43.4 Å². The largest absolute Gasteiger partial charge is 0.371 e. The number of nitrogens with zero attached hydrogens (tertiary/aromatic N) is 4. The van der Waals surface area contributed by atoms with Crippen molar-refractivity contribution in [1.82, 2.24) is 9.88 Å². The molecule has 5 rings (SSSR count). The predicted molar refractivity (Wildman–Crippen MR) is 113 cm³/mol. The number of hydrogen-bond acceptors (Lipinski definition) is 5. The number of aromatic nitrogens is 1. The number of pyridine rings is 1. The van der Waals surface area contributed by atoms with Crippen LogP contribution in [0.3, 0.4) is 0 Å². The van der Waals surface area contributed by atoms with Gasteiger partial charge in [-0.1, -0.05) is 30.3 Å². The van der Waals surface area contributed by atoms with Crippen molar-refractivity contribution in [3.05, 3.63) is 59.8 Å². The number of fused-ring (bicyclic) bond motifs is 2. The molecule has 2 atom stereocenters.